The molecule has 0 aliphatic carbocycles. The minimum atomic E-state index is -0.437. The van der Waals surface area contributed by atoms with E-state index in [1.165, 1.54) is 25.6 Å². The van der Waals surface area contributed by atoms with Gasteiger partial charge in [0.25, 0.3) is 0 Å². The predicted molar refractivity (Wildman–Crippen MR) is 129 cm³/mol. The predicted octanol–water partition coefficient (Wildman–Crippen LogP) is 5.81. The third-order valence-electron chi connectivity index (χ3n) is 4.57. The lowest BCUT2D eigenvalue weighted by Gasteiger charge is -2.19. The number of para-hydroxylation sites is 1. The number of rotatable bonds is 9. The van der Waals surface area contributed by atoms with Crippen molar-refractivity contribution in [2.24, 2.45) is 0 Å². The molecule has 1 aromatic heterocycles. The zero-order chi connectivity index (χ0) is 24.0. The fourth-order valence-electron chi connectivity index (χ4n) is 2.92. The maximum absolute atomic E-state index is 11.7. The second kappa shape index (κ2) is 10.9. The number of anilines is 3. The van der Waals surface area contributed by atoms with Gasteiger partial charge in [-0.25, -0.2) is 9.97 Å². The van der Waals surface area contributed by atoms with Crippen molar-refractivity contribution in [1.82, 2.24) is 9.97 Å². The molecule has 10 heteroatoms. The van der Waals surface area contributed by atoms with Crippen molar-refractivity contribution in [2.75, 3.05) is 24.9 Å². The summed E-state index contributed by atoms with van der Waals surface area (Å²) in [6.45, 7) is 5.28. The Morgan fingerprint density at radius 1 is 1.12 bits per heavy atom. The first-order valence-corrected chi connectivity index (χ1v) is 10.5. The molecular formula is C23H22Cl2N4O4. The summed E-state index contributed by atoms with van der Waals surface area (Å²) in [5.41, 5.74) is 1.60. The van der Waals surface area contributed by atoms with Gasteiger partial charge in [0.05, 0.1) is 48.0 Å². The number of carbonyl (C=O) groups is 1. The number of methoxy groups -OCH3 is 2. The lowest BCUT2D eigenvalue weighted by Crippen LogP contribution is -2.10. The van der Waals surface area contributed by atoms with Crippen LogP contribution in [0.15, 0.2) is 55.4 Å². The Hall–Kier alpha value is -3.49. The van der Waals surface area contributed by atoms with Crippen molar-refractivity contribution >= 4 is 46.4 Å². The third kappa shape index (κ3) is 5.85. The molecule has 2 aromatic carbocycles. The van der Waals surface area contributed by atoms with E-state index in [9.17, 15) is 4.79 Å². The molecule has 0 aliphatic rings. The molecule has 0 radical (unpaired) electrons. The van der Waals surface area contributed by atoms with E-state index in [-0.39, 0.29) is 11.9 Å². The van der Waals surface area contributed by atoms with Crippen LogP contribution in [0.25, 0.3) is 0 Å². The van der Waals surface area contributed by atoms with Crippen LogP contribution in [0.3, 0.4) is 0 Å². The van der Waals surface area contributed by atoms with Gasteiger partial charge in [0.1, 0.15) is 17.6 Å². The van der Waals surface area contributed by atoms with E-state index in [4.69, 9.17) is 37.4 Å². The van der Waals surface area contributed by atoms with Crippen molar-refractivity contribution in [3.8, 4) is 17.2 Å². The Balaban J connectivity index is 1.77. The third-order valence-corrected chi connectivity index (χ3v) is 5.29. The Bertz CT molecular complexity index is 1160. The van der Waals surface area contributed by atoms with E-state index >= 15 is 0 Å². The highest BCUT2D eigenvalue weighted by Crippen LogP contribution is 2.38. The molecule has 1 heterocycles. The number of amides is 1. The molecule has 1 unspecified atom stereocenters. The largest absolute Gasteiger partial charge is 0.497 e. The van der Waals surface area contributed by atoms with Crippen LogP contribution in [-0.2, 0) is 4.79 Å². The van der Waals surface area contributed by atoms with Crippen LogP contribution < -0.4 is 24.8 Å². The van der Waals surface area contributed by atoms with Crippen molar-refractivity contribution < 1.29 is 19.0 Å². The topological polar surface area (TPSA) is 94.6 Å². The van der Waals surface area contributed by atoms with Gasteiger partial charge in [-0.15, -0.1) is 0 Å². The molecule has 0 saturated heterocycles. The lowest BCUT2D eigenvalue weighted by molar-refractivity contribution is -0.111. The number of nitrogens with zero attached hydrogens (tertiary/aromatic N) is 2. The molecule has 1 amide bonds. The molecule has 172 valence electrons. The first-order valence-electron chi connectivity index (χ1n) is 9.75. The average Bonchev–Trinajstić information content (AvgIpc) is 2.82. The van der Waals surface area contributed by atoms with Crippen molar-refractivity contribution in [1.29, 1.82) is 0 Å². The highest BCUT2D eigenvalue weighted by molar-refractivity contribution is 6.34. The molecule has 3 rings (SSSR count). The first kappa shape index (κ1) is 24.2. The molecule has 8 nitrogen and oxygen atoms in total. The average molecular weight is 489 g/mol. The minimum Gasteiger partial charge on any atom is -0.497 e. The Kier molecular flexibility index (Phi) is 7.97. The van der Waals surface area contributed by atoms with E-state index in [0.29, 0.717) is 44.2 Å². The highest BCUT2D eigenvalue weighted by Gasteiger charge is 2.18. The van der Waals surface area contributed by atoms with E-state index in [1.807, 2.05) is 6.92 Å². The fourth-order valence-corrected chi connectivity index (χ4v) is 3.48. The maximum Gasteiger partial charge on any atom is 0.247 e. The molecule has 0 fully saturated rings. The number of aromatic nitrogens is 2. The number of hydrogen-bond acceptors (Lipinski definition) is 7. The molecule has 0 bridgehead atoms. The summed E-state index contributed by atoms with van der Waals surface area (Å²) in [6.07, 6.45) is 3.75. The van der Waals surface area contributed by atoms with Gasteiger partial charge in [-0.3, -0.25) is 4.79 Å². The monoisotopic (exact) mass is 488 g/mol. The van der Waals surface area contributed by atoms with Gasteiger partial charge >= 0.3 is 0 Å². The lowest BCUT2D eigenvalue weighted by atomic mass is 10.1. The van der Waals surface area contributed by atoms with Gasteiger partial charge < -0.3 is 24.8 Å². The SMILES string of the molecule is C=CC(=O)Nc1cccc(Cl)c1Nc1ncc(OC(C)c2cc(OC)cc(OC)c2Cl)cn1. The number of hydrogen-bond donors (Lipinski definition) is 2. The standard InChI is InChI=1S/C23H22Cl2N4O4/c1-5-20(30)28-18-8-6-7-17(24)22(18)29-23-26-11-15(12-27-23)33-13(2)16-9-14(31-3)10-19(32-4)21(16)25/h5-13H,1H2,2-4H3,(H,28,30)(H,26,27,29). The summed E-state index contributed by atoms with van der Waals surface area (Å²) < 4.78 is 16.6. The van der Waals surface area contributed by atoms with Gasteiger partial charge in [-0.1, -0.05) is 35.8 Å². The number of ether oxygens (including phenoxy) is 3. The summed E-state index contributed by atoms with van der Waals surface area (Å²) in [7, 11) is 3.09. The minimum absolute atomic E-state index is 0.262. The van der Waals surface area contributed by atoms with Crippen molar-refractivity contribution in [3.05, 3.63) is 71.0 Å². The molecule has 1 atom stereocenters. The summed E-state index contributed by atoms with van der Waals surface area (Å²) >= 11 is 12.7. The summed E-state index contributed by atoms with van der Waals surface area (Å²) in [5.74, 6) is 1.39. The van der Waals surface area contributed by atoms with Crippen LogP contribution in [0, 0.1) is 0 Å². The molecule has 33 heavy (non-hydrogen) atoms. The number of carbonyl (C=O) groups excluding carboxylic acids is 1. The molecule has 3 aromatic rings. The first-order chi connectivity index (χ1) is 15.9. The number of benzene rings is 2. The fraction of sp³-hybridized carbons (Fsp3) is 0.174. The maximum atomic E-state index is 11.7. The van der Waals surface area contributed by atoms with Crippen molar-refractivity contribution in [3.63, 3.8) is 0 Å². The summed E-state index contributed by atoms with van der Waals surface area (Å²) in [6, 6.07) is 8.56. The quantitative estimate of drug-likeness (QED) is 0.367. The van der Waals surface area contributed by atoms with Crippen LogP contribution in [0.2, 0.25) is 10.0 Å². The van der Waals surface area contributed by atoms with Crippen LogP contribution in [0.1, 0.15) is 18.6 Å². The normalized spacial score (nSPS) is 11.3. The van der Waals surface area contributed by atoms with Crippen LogP contribution in [0.4, 0.5) is 17.3 Å². The Morgan fingerprint density at radius 2 is 1.85 bits per heavy atom. The Labute approximate surface area is 201 Å². The second-order valence-corrected chi connectivity index (χ2v) is 7.50. The van der Waals surface area contributed by atoms with Crippen LogP contribution in [0.5, 0.6) is 17.2 Å². The van der Waals surface area contributed by atoms with Crippen LogP contribution >= 0.6 is 23.2 Å². The summed E-state index contributed by atoms with van der Waals surface area (Å²) in [4.78, 5) is 20.2. The zero-order valence-electron chi connectivity index (χ0n) is 18.2. The van der Waals surface area contributed by atoms with Gasteiger partial charge in [0, 0.05) is 11.6 Å². The second-order valence-electron chi connectivity index (χ2n) is 6.72. The van der Waals surface area contributed by atoms with E-state index in [1.54, 1.807) is 37.4 Å². The van der Waals surface area contributed by atoms with E-state index < -0.39 is 6.10 Å². The zero-order valence-corrected chi connectivity index (χ0v) is 19.7. The van der Waals surface area contributed by atoms with E-state index in [2.05, 4.69) is 27.2 Å². The highest BCUT2D eigenvalue weighted by atomic mass is 35.5. The smallest absolute Gasteiger partial charge is 0.247 e. The number of nitrogens with one attached hydrogen (secondary N) is 2. The molecular weight excluding hydrogens is 467 g/mol. The molecule has 2 N–H and O–H groups in total. The van der Waals surface area contributed by atoms with Gasteiger partial charge in [-0.05, 0) is 31.2 Å². The van der Waals surface area contributed by atoms with Gasteiger partial charge in [0.15, 0.2) is 5.75 Å². The molecule has 0 spiro atoms. The van der Waals surface area contributed by atoms with E-state index in [0.717, 1.165) is 0 Å². The molecule has 0 saturated carbocycles. The summed E-state index contributed by atoms with van der Waals surface area (Å²) in [5, 5.41) is 6.51. The van der Waals surface area contributed by atoms with Crippen molar-refractivity contribution in [2.45, 2.75) is 13.0 Å². The van der Waals surface area contributed by atoms with Gasteiger partial charge in [0.2, 0.25) is 11.9 Å². The molecule has 0 aliphatic heterocycles. The Morgan fingerprint density at radius 3 is 2.48 bits per heavy atom. The van der Waals surface area contributed by atoms with Crippen LogP contribution in [-0.4, -0.2) is 30.1 Å². The van der Waals surface area contributed by atoms with Gasteiger partial charge in [-0.2, -0.15) is 0 Å². The number of halogens is 2.